The van der Waals surface area contributed by atoms with E-state index in [1.807, 2.05) is 0 Å². The van der Waals surface area contributed by atoms with Crippen LogP contribution in [0.4, 0.5) is 0 Å². The molecule has 1 aromatic heterocycles. The fourth-order valence-corrected chi connectivity index (χ4v) is 2.69. The summed E-state index contributed by atoms with van der Waals surface area (Å²) in [4.78, 5) is 4.77. The molecule has 1 fully saturated rings. The van der Waals surface area contributed by atoms with E-state index in [-0.39, 0.29) is 0 Å². The van der Waals surface area contributed by atoms with Gasteiger partial charge < -0.3 is 15.1 Å². The molecule has 17 heavy (non-hydrogen) atoms. The fraction of sp³-hybridized carbons (Fsp3) is 0.692. The van der Waals surface area contributed by atoms with Gasteiger partial charge in [0.15, 0.2) is 0 Å². The first-order chi connectivity index (χ1) is 8.10. The smallest absolute Gasteiger partial charge is 0.118 e. The fourth-order valence-electron chi connectivity index (χ4n) is 2.69. The Bertz CT molecular complexity index is 361. The van der Waals surface area contributed by atoms with Gasteiger partial charge in [0.2, 0.25) is 0 Å². The van der Waals surface area contributed by atoms with Crippen molar-refractivity contribution < 1.29 is 4.42 Å². The number of furan rings is 1. The molecule has 96 valence electrons. The van der Waals surface area contributed by atoms with Crippen LogP contribution >= 0.6 is 0 Å². The third kappa shape index (κ3) is 2.89. The Kier molecular flexibility index (Phi) is 3.86. The van der Waals surface area contributed by atoms with E-state index < -0.39 is 0 Å². The quantitative estimate of drug-likeness (QED) is 0.852. The molecule has 2 unspecified atom stereocenters. The van der Waals surface area contributed by atoms with E-state index in [1.54, 1.807) is 6.26 Å². The maximum atomic E-state index is 5.57. The van der Waals surface area contributed by atoms with Crippen molar-refractivity contribution >= 4 is 0 Å². The van der Waals surface area contributed by atoms with Crippen molar-refractivity contribution in [3.8, 4) is 0 Å². The lowest BCUT2D eigenvalue weighted by atomic mass is 10.1. The Morgan fingerprint density at radius 2 is 2.24 bits per heavy atom. The highest BCUT2D eigenvalue weighted by Crippen LogP contribution is 2.22. The van der Waals surface area contributed by atoms with Crippen LogP contribution in [0.3, 0.4) is 0 Å². The molecule has 4 nitrogen and oxygen atoms in total. The van der Waals surface area contributed by atoms with Crippen molar-refractivity contribution in [2.24, 2.45) is 11.7 Å². The second kappa shape index (κ2) is 5.21. The van der Waals surface area contributed by atoms with Gasteiger partial charge in [-0.1, -0.05) is 6.92 Å². The highest BCUT2D eigenvalue weighted by Gasteiger charge is 2.31. The third-order valence-electron chi connectivity index (χ3n) is 3.63. The van der Waals surface area contributed by atoms with E-state index in [4.69, 9.17) is 10.2 Å². The topological polar surface area (TPSA) is 45.6 Å². The van der Waals surface area contributed by atoms with Gasteiger partial charge in [0.1, 0.15) is 5.76 Å². The number of hydrogen-bond acceptors (Lipinski definition) is 4. The van der Waals surface area contributed by atoms with Crippen LogP contribution in [0.5, 0.6) is 0 Å². The molecule has 0 radical (unpaired) electrons. The third-order valence-corrected chi connectivity index (χ3v) is 3.63. The summed E-state index contributed by atoms with van der Waals surface area (Å²) in [7, 11) is 4.31. The molecule has 1 aromatic rings. The van der Waals surface area contributed by atoms with Crippen molar-refractivity contribution in [1.29, 1.82) is 0 Å². The van der Waals surface area contributed by atoms with Crippen LogP contribution in [0.2, 0.25) is 0 Å². The molecule has 1 saturated heterocycles. The molecule has 2 rings (SSSR count). The average Bonchev–Trinajstić information content (AvgIpc) is 2.85. The number of nitrogens with zero attached hydrogens (tertiary/aromatic N) is 2. The van der Waals surface area contributed by atoms with Gasteiger partial charge in [-0.25, -0.2) is 0 Å². The van der Waals surface area contributed by atoms with Gasteiger partial charge in [-0.2, -0.15) is 0 Å². The monoisotopic (exact) mass is 237 g/mol. The lowest BCUT2D eigenvalue weighted by molar-refractivity contribution is 0.244. The van der Waals surface area contributed by atoms with Crippen LogP contribution in [-0.2, 0) is 13.1 Å². The largest absolute Gasteiger partial charge is 0.468 e. The molecule has 1 aliphatic rings. The normalized spacial score (nSPS) is 25.9. The zero-order chi connectivity index (χ0) is 12.4. The summed E-state index contributed by atoms with van der Waals surface area (Å²) >= 11 is 0. The summed E-state index contributed by atoms with van der Waals surface area (Å²) in [6.07, 6.45) is 1.76. The molecular formula is C13H23N3O. The van der Waals surface area contributed by atoms with E-state index in [9.17, 15) is 0 Å². The minimum absolute atomic E-state index is 0.556. The second-order valence-corrected chi connectivity index (χ2v) is 5.33. The van der Waals surface area contributed by atoms with E-state index in [0.29, 0.717) is 18.5 Å². The predicted octanol–water partition coefficient (Wildman–Crippen LogP) is 1.12. The molecule has 2 N–H and O–H groups in total. The van der Waals surface area contributed by atoms with E-state index in [2.05, 4.69) is 36.9 Å². The van der Waals surface area contributed by atoms with Gasteiger partial charge in [0.05, 0.1) is 12.8 Å². The maximum Gasteiger partial charge on any atom is 0.118 e. The Hall–Kier alpha value is -0.840. The minimum atomic E-state index is 0.556. The van der Waals surface area contributed by atoms with Crippen LogP contribution in [0, 0.1) is 5.92 Å². The van der Waals surface area contributed by atoms with E-state index in [0.717, 1.165) is 31.0 Å². The summed E-state index contributed by atoms with van der Waals surface area (Å²) in [5, 5.41) is 0. The molecule has 0 saturated carbocycles. The van der Waals surface area contributed by atoms with Crippen LogP contribution in [0.1, 0.15) is 18.2 Å². The first-order valence-corrected chi connectivity index (χ1v) is 6.25. The minimum Gasteiger partial charge on any atom is -0.468 e. The SMILES string of the molecule is CC1CN(Cc2cc(CN)co2)CC1N(C)C. The van der Waals surface area contributed by atoms with Crippen molar-refractivity contribution in [3.63, 3.8) is 0 Å². The van der Waals surface area contributed by atoms with Gasteiger partial charge in [-0.05, 0) is 26.1 Å². The molecule has 4 heteroatoms. The summed E-state index contributed by atoms with van der Waals surface area (Å²) in [6.45, 7) is 6.03. The molecule has 2 heterocycles. The van der Waals surface area contributed by atoms with Gasteiger partial charge in [0, 0.05) is 31.2 Å². The van der Waals surface area contributed by atoms with E-state index >= 15 is 0 Å². The molecule has 0 aliphatic carbocycles. The summed E-state index contributed by atoms with van der Waals surface area (Å²) < 4.78 is 5.51. The van der Waals surface area contributed by atoms with Crippen molar-refractivity contribution in [3.05, 3.63) is 23.7 Å². The van der Waals surface area contributed by atoms with Crippen LogP contribution < -0.4 is 5.73 Å². The molecular weight excluding hydrogens is 214 g/mol. The number of likely N-dealkylation sites (tertiary alicyclic amines) is 1. The summed E-state index contributed by atoms with van der Waals surface area (Å²) in [5.74, 6) is 1.74. The van der Waals surface area contributed by atoms with Gasteiger partial charge in [-0.3, -0.25) is 4.90 Å². The van der Waals surface area contributed by atoms with E-state index in [1.165, 1.54) is 0 Å². The zero-order valence-electron chi connectivity index (χ0n) is 11.0. The molecule has 0 amide bonds. The van der Waals surface area contributed by atoms with Crippen LogP contribution in [0.25, 0.3) is 0 Å². The van der Waals surface area contributed by atoms with Crippen LogP contribution in [-0.4, -0.2) is 43.0 Å². The highest BCUT2D eigenvalue weighted by molar-refractivity contribution is 5.12. The second-order valence-electron chi connectivity index (χ2n) is 5.33. The number of rotatable bonds is 4. The Morgan fingerprint density at radius 3 is 2.76 bits per heavy atom. The van der Waals surface area contributed by atoms with Crippen molar-refractivity contribution in [2.45, 2.75) is 26.1 Å². The first kappa shape index (κ1) is 12.6. The predicted molar refractivity (Wildman–Crippen MR) is 68.5 cm³/mol. The Morgan fingerprint density at radius 1 is 1.47 bits per heavy atom. The molecule has 0 aromatic carbocycles. The molecule has 1 aliphatic heterocycles. The van der Waals surface area contributed by atoms with Gasteiger partial charge in [-0.15, -0.1) is 0 Å². The number of hydrogen-bond donors (Lipinski definition) is 1. The average molecular weight is 237 g/mol. The number of likely N-dealkylation sites (N-methyl/N-ethyl adjacent to an activating group) is 1. The molecule has 0 bridgehead atoms. The number of nitrogens with two attached hydrogens (primary N) is 1. The lowest BCUT2D eigenvalue weighted by Gasteiger charge is -2.22. The zero-order valence-corrected chi connectivity index (χ0v) is 11.0. The Balaban J connectivity index is 1.92. The summed E-state index contributed by atoms with van der Waals surface area (Å²) in [5.41, 5.74) is 6.65. The van der Waals surface area contributed by atoms with Crippen LogP contribution in [0.15, 0.2) is 16.7 Å². The first-order valence-electron chi connectivity index (χ1n) is 6.25. The molecule has 0 spiro atoms. The maximum absolute atomic E-state index is 5.57. The van der Waals surface area contributed by atoms with Gasteiger partial charge in [0.25, 0.3) is 0 Å². The van der Waals surface area contributed by atoms with Gasteiger partial charge >= 0.3 is 0 Å². The molecule has 2 atom stereocenters. The van der Waals surface area contributed by atoms with Crippen molar-refractivity contribution in [2.75, 3.05) is 27.2 Å². The lowest BCUT2D eigenvalue weighted by Crippen LogP contribution is -2.34. The summed E-state index contributed by atoms with van der Waals surface area (Å²) in [6, 6.07) is 2.71. The standard InChI is InChI=1S/C13H23N3O/c1-10-6-16(8-13(10)15(2)3)7-12-4-11(5-14)9-17-12/h4,9-10,13H,5-8,14H2,1-3H3. The van der Waals surface area contributed by atoms with Crippen molar-refractivity contribution in [1.82, 2.24) is 9.80 Å². The highest BCUT2D eigenvalue weighted by atomic mass is 16.3. The Labute approximate surface area is 103 Å².